The van der Waals surface area contributed by atoms with Gasteiger partial charge in [-0.3, -0.25) is 0 Å². The van der Waals surface area contributed by atoms with E-state index in [0.29, 0.717) is 17.9 Å². The minimum atomic E-state index is -0.690. The summed E-state index contributed by atoms with van der Waals surface area (Å²) in [6.07, 6.45) is 0.801. The molecule has 0 aromatic heterocycles. The van der Waals surface area contributed by atoms with Crippen molar-refractivity contribution in [1.29, 1.82) is 0 Å². The summed E-state index contributed by atoms with van der Waals surface area (Å²) in [4.78, 5) is 0. The molecule has 0 spiro atoms. The van der Waals surface area contributed by atoms with Gasteiger partial charge in [0.25, 0.3) is 0 Å². The summed E-state index contributed by atoms with van der Waals surface area (Å²) in [6, 6.07) is 4.13. The first-order chi connectivity index (χ1) is 7.91. The lowest BCUT2D eigenvalue weighted by Gasteiger charge is -2.20. The van der Waals surface area contributed by atoms with E-state index in [0.717, 1.165) is 9.99 Å². The highest BCUT2D eigenvalue weighted by Gasteiger charge is 2.20. The average molecular weight is 351 g/mol. The molecule has 0 unspecified atom stereocenters. The molecule has 1 rings (SSSR count). The summed E-state index contributed by atoms with van der Waals surface area (Å²) >= 11 is 2.11. The molecule has 0 aliphatic rings. The molecule has 4 heteroatoms. The standard InChI is InChI=1S/C13H19FINO/c1-8(2)3-6-12(17)13(16)10-7-9(15)4-5-11(10)14/h4-5,7-8,12-13,17H,3,6,16H2,1-2H3/t12-,13+/m0/s1. The molecule has 96 valence electrons. The predicted octanol–water partition coefficient (Wildman–Crippen LogP) is 3.23. The number of hydrogen-bond acceptors (Lipinski definition) is 2. The smallest absolute Gasteiger partial charge is 0.128 e. The fraction of sp³-hybridized carbons (Fsp3) is 0.538. The van der Waals surface area contributed by atoms with Crippen LogP contribution in [0.1, 0.15) is 38.3 Å². The van der Waals surface area contributed by atoms with E-state index in [1.165, 1.54) is 6.07 Å². The summed E-state index contributed by atoms with van der Waals surface area (Å²) in [5.41, 5.74) is 6.30. The second-order valence-electron chi connectivity index (χ2n) is 4.73. The van der Waals surface area contributed by atoms with E-state index in [1.54, 1.807) is 12.1 Å². The number of aliphatic hydroxyl groups is 1. The number of rotatable bonds is 5. The van der Waals surface area contributed by atoms with Crippen LogP contribution in [0.25, 0.3) is 0 Å². The fourth-order valence-electron chi connectivity index (χ4n) is 1.66. The largest absolute Gasteiger partial charge is 0.391 e. The molecule has 0 bridgehead atoms. The van der Waals surface area contributed by atoms with Gasteiger partial charge in [0.2, 0.25) is 0 Å². The second kappa shape index (κ2) is 6.66. The maximum Gasteiger partial charge on any atom is 0.128 e. The maximum atomic E-state index is 13.6. The molecule has 0 radical (unpaired) electrons. The quantitative estimate of drug-likeness (QED) is 0.801. The van der Waals surface area contributed by atoms with Gasteiger partial charge in [-0.1, -0.05) is 13.8 Å². The topological polar surface area (TPSA) is 46.2 Å². The van der Waals surface area contributed by atoms with Crippen molar-refractivity contribution >= 4 is 22.6 Å². The van der Waals surface area contributed by atoms with Crippen molar-refractivity contribution in [2.75, 3.05) is 0 Å². The highest BCUT2D eigenvalue weighted by Crippen LogP contribution is 2.23. The summed E-state index contributed by atoms with van der Waals surface area (Å²) < 4.78 is 14.5. The Bertz CT molecular complexity index is 370. The van der Waals surface area contributed by atoms with Gasteiger partial charge in [0, 0.05) is 9.13 Å². The lowest BCUT2D eigenvalue weighted by atomic mass is 9.96. The van der Waals surface area contributed by atoms with Crippen molar-refractivity contribution in [3.63, 3.8) is 0 Å². The highest BCUT2D eigenvalue weighted by molar-refractivity contribution is 14.1. The van der Waals surface area contributed by atoms with Gasteiger partial charge >= 0.3 is 0 Å². The molecule has 0 saturated heterocycles. The molecule has 1 aromatic carbocycles. The fourth-order valence-corrected chi connectivity index (χ4v) is 2.18. The molecule has 0 amide bonds. The van der Waals surface area contributed by atoms with Crippen molar-refractivity contribution in [3.05, 3.63) is 33.1 Å². The lowest BCUT2D eigenvalue weighted by molar-refractivity contribution is 0.127. The highest BCUT2D eigenvalue weighted by atomic mass is 127. The third-order valence-corrected chi connectivity index (χ3v) is 3.44. The van der Waals surface area contributed by atoms with Crippen LogP contribution in [-0.4, -0.2) is 11.2 Å². The van der Waals surface area contributed by atoms with Gasteiger partial charge in [-0.25, -0.2) is 4.39 Å². The summed E-state index contributed by atoms with van der Waals surface area (Å²) in [6.45, 7) is 4.18. The number of benzene rings is 1. The third-order valence-electron chi connectivity index (χ3n) is 2.77. The maximum absolute atomic E-state index is 13.6. The summed E-state index contributed by atoms with van der Waals surface area (Å²) in [5.74, 6) is 0.166. The van der Waals surface area contributed by atoms with Crippen LogP contribution in [0, 0.1) is 15.3 Å². The van der Waals surface area contributed by atoms with Gasteiger partial charge in [-0.15, -0.1) is 0 Å². The van der Waals surface area contributed by atoms with E-state index in [-0.39, 0.29) is 5.82 Å². The van der Waals surface area contributed by atoms with Gasteiger partial charge in [0.05, 0.1) is 12.1 Å². The molecule has 0 aliphatic heterocycles. The van der Waals surface area contributed by atoms with Crippen LogP contribution in [0.3, 0.4) is 0 Å². The first kappa shape index (κ1) is 14.9. The SMILES string of the molecule is CC(C)CC[C@H](O)[C@H](N)c1cc(I)ccc1F. The van der Waals surface area contributed by atoms with Gasteiger partial charge < -0.3 is 10.8 Å². The molecular formula is C13H19FINO. The van der Waals surface area contributed by atoms with Crippen molar-refractivity contribution in [1.82, 2.24) is 0 Å². The molecule has 17 heavy (non-hydrogen) atoms. The molecular weight excluding hydrogens is 332 g/mol. The van der Waals surface area contributed by atoms with Crippen LogP contribution in [-0.2, 0) is 0 Å². The van der Waals surface area contributed by atoms with E-state index in [1.807, 2.05) is 0 Å². The number of halogens is 2. The van der Waals surface area contributed by atoms with Crippen LogP contribution in [0.4, 0.5) is 4.39 Å². The number of hydrogen-bond donors (Lipinski definition) is 2. The molecule has 2 nitrogen and oxygen atoms in total. The van der Waals surface area contributed by atoms with Gasteiger partial charge in [-0.05, 0) is 59.5 Å². The van der Waals surface area contributed by atoms with Crippen molar-refractivity contribution in [2.45, 2.75) is 38.8 Å². The van der Waals surface area contributed by atoms with E-state index in [2.05, 4.69) is 36.4 Å². The van der Waals surface area contributed by atoms with Crippen LogP contribution >= 0.6 is 22.6 Å². The first-order valence-electron chi connectivity index (χ1n) is 5.80. The monoisotopic (exact) mass is 351 g/mol. The molecule has 0 aliphatic carbocycles. The molecule has 0 heterocycles. The van der Waals surface area contributed by atoms with Crippen LogP contribution in [0.2, 0.25) is 0 Å². The van der Waals surface area contributed by atoms with Gasteiger partial charge in [0.1, 0.15) is 5.82 Å². The molecule has 1 aromatic rings. The van der Waals surface area contributed by atoms with Gasteiger partial charge in [0.15, 0.2) is 0 Å². The van der Waals surface area contributed by atoms with Crippen LogP contribution in [0.5, 0.6) is 0 Å². The zero-order valence-corrected chi connectivity index (χ0v) is 12.3. The van der Waals surface area contributed by atoms with Gasteiger partial charge in [-0.2, -0.15) is 0 Å². The number of nitrogens with two attached hydrogens (primary N) is 1. The minimum Gasteiger partial charge on any atom is -0.391 e. The normalized spacial score (nSPS) is 15.0. The first-order valence-corrected chi connectivity index (χ1v) is 6.88. The van der Waals surface area contributed by atoms with E-state index in [9.17, 15) is 9.50 Å². The Morgan fingerprint density at radius 3 is 2.59 bits per heavy atom. The number of aliphatic hydroxyl groups excluding tert-OH is 1. The van der Waals surface area contributed by atoms with E-state index >= 15 is 0 Å². The Morgan fingerprint density at radius 1 is 1.35 bits per heavy atom. The molecule has 2 atom stereocenters. The van der Waals surface area contributed by atoms with Crippen molar-refractivity contribution < 1.29 is 9.50 Å². The minimum absolute atomic E-state index is 0.346. The third kappa shape index (κ3) is 4.52. The zero-order valence-electron chi connectivity index (χ0n) is 10.2. The Labute approximate surface area is 116 Å². The average Bonchev–Trinajstić information content (AvgIpc) is 2.28. The Kier molecular flexibility index (Phi) is 5.82. The lowest BCUT2D eigenvalue weighted by Crippen LogP contribution is -2.27. The van der Waals surface area contributed by atoms with E-state index < -0.39 is 12.1 Å². The van der Waals surface area contributed by atoms with Crippen molar-refractivity contribution in [3.8, 4) is 0 Å². The zero-order chi connectivity index (χ0) is 13.0. The van der Waals surface area contributed by atoms with E-state index in [4.69, 9.17) is 5.73 Å². The molecule has 0 fully saturated rings. The van der Waals surface area contributed by atoms with Crippen LogP contribution in [0.15, 0.2) is 18.2 Å². The molecule has 3 N–H and O–H groups in total. The molecule has 0 saturated carbocycles. The van der Waals surface area contributed by atoms with Crippen LogP contribution < -0.4 is 5.73 Å². The Morgan fingerprint density at radius 2 is 2.00 bits per heavy atom. The van der Waals surface area contributed by atoms with Crippen molar-refractivity contribution in [2.24, 2.45) is 11.7 Å². The predicted molar refractivity (Wildman–Crippen MR) is 76.1 cm³/mol. The summed E-state index contributed by atoms with van der Waals surface area (Å²) in [5, 5.41) is 9.94. The second-order valence-corrected chi connectivity index (χ2v) is 5.98. The Balaban J connectivity index is 2.74. The summed E-state index contributed by atoms with van der Waals surface area (Å²) in [7, 11) is 0. The Hall–Kier alpha value is -0.200.